The van der Waals surface area contributed by atoms with Crippen LogP contribution in [0.15, 0.2) is 0 Å². The van der Waals surface area contributed by atoms with Crippen LogP contribution in [-0.2, 0) is 9.59 Å². The van der Waals surface area contributed by atoms with Crippen molar-refractivity contribution in [1.29, 1.82) is 0 Å². The summed E-state index contributed by atoms with van der Waals surface area (Å²) in [6, 6.07) is 0. The molecule has 0 aliphatic heterocycles. The van der Waals surface area contributed by atoms with Crippen molar-refractivity contribution in [3.63, 3.8) is 0 Å². The highest BCUT2D eigenvalue weighted by Crippen LogP contribution is 2.44. The van der Waals surface area contributed by atoms with Crippen LogP contribution in [0.5, 0.6) is 0 Å². The molecule has 2 atom stereocenters. The molecule has 1 rings (SSSR count). The third kappa shape index (κ3) is 3.15. The summed E-state index contributed by atoms with van der Waals surface area (Å²) in [5.41, 5.74) is 0.0736. The zero-order valence-electron chi connectivity index (χ0n) is 10.3. The number of hydrogen-bond donors (Lipinski definition) is 0. The molecule has 1 aliphatic carbocycles. The summed E-state index contributed by atoms with van der Waals surface area (Å²) in [5, 5.41) is 0. The molecule has 0 N–H and O–H groups in total. The minimum Gasteiger partial charge on any atom is -0.300 e. The number of rotatable bonds is 3. The first-order chi connectivity index (χ1) is 6.83. The van der Waals surface area contributed by atoms with E-state index in [2.05, 4.69) is 20.8 Å². The minimum absolute atomic E-state index is 0.0736. The molecule has 0 bridgehead atoms. The van der Waals surface area contributed by atoms with Gasteiger partial charge in [0.2, 0.25) is 0 Å². The van der Waals surface area contributed by atoms with Crippen LogP contribution < -0.4 is 0 Å². The molecule has 0 saturated heterocycles. The summed E-state index contributed by atoms with van der Waals surface area (Å²) in [7, 11) is 0. The van der Waals surface area contributed by atoms with Crippen molar-refractivity contribution in [2.45, 2.75) is 53.4 Å². The first-order valence-corrected chi connectivity index (χ1v) is 5.84. The van der Waals surface area contributed by atoms with Crippen molar-refractivity contribution < 1.29 is 9.59 Å². The normalized spacial score (nSPS) is 30.3. The highest BCUT2D eigenvalue weighted by atomic mass is 16.1. The Labute approximate surface area is 92.4 Å². The number of hydrogen-bond acceptors (Lipinski definition) is 2. The maximum Gasteiger partial charge on any atom is 0.133 e. The predicted octanol–water partition coefficient (Wildman–Crippen LogP) is 3.00. The zero-order chi connectivity index (χ0) is 11.6. The van der Waals surface area contributed by atoms with Crippen LogP contribution in [0.3, 0.4) is 0 Å². The Morgan fingerprint density at radius 1 is 1.47 bits per heavy atom. The van der Waals surface area contributed by atoms with Gasteiger partial charge in [-0.25, -0.2) is 0 Å². The number of carbonyl (C=O) groups is 2. The second-order valence-electron chi connectivity index (χ2n) is 5.73. The molecule has 1 saturated carbocycles. The lowest BCUT2D eigenvalue weighted by Crippen LogP contribution is -2.38. The van der Waals surface area contributed by atoms with Crippen molar-refractivity contribution in [2.75, 3.05) is 0 Å². The highest BCUT2D eigenvalue weighted by molar-refractivity contribution is 5.80. The second kappa shape index (κ2) is 4.46. The molecule has 1 fully saturated rings. The van der Waals surface area contributed by atoms with E-state index >= 15 is 0 Å². The van der Waals surface area contributed by atoms with Crippen molar-refractivity contribution >= 4 is 11.6 Å². The van der Waals surface area contributed by atoms with Crippen molar-refractivity contribution in [2.24, 2.45) is 17.3 Å². The average Bonchev–Trinajstić information content (AvgIpc) is 1.98. The van der Waals surface area contributed by atoms with E-state index in [9.17, 15) is 9.59 Å². The number of ketones is 2. The highest BCUT2D eigenvalue weighted by Gasteiger charge is 2.39. The molecular weight excluding hydrogens is 188 g/mol. The largest absolute Gasteiger partial charge is 0.300 e. The van der Waals surface area contributed by atoms with Crippen LogP contribution in [-0.4, -0.2) is 11.6 Å². The second-order valence-corrected chi connectivity index (χ2v) is 5.73. The van der Waals surface area contributed by atoms with Gasteiger partial charge in [-0.2, -0.15) is 0 Å². The van der Waals surface area contributed by atoms with Crippen LogP contribution in [0.25, 0.3) is 0 Å². The van der Waals surface area contributed by atoms with Gasteiger partial charge in [0.15, 0.2) is 0 Å². The van der Waals surface area contributed by atoms with E-state index in [4.69, 9.17) is 0 Å². The standard InChI is InChI=1S/C13H22O2/c1-9-7-11(15)8-13(3,4)12(9)6-5-10(2)14/h9,12H,5-8H2,1-4H3. The summed E-state index contributed by atoms with van der Waals surface area (Å²) < 4.78 is 0. The van der Waals surface area contributed by atoms with Crippen LogP contribution >= 0.6 is 0 Å². The van der Waals surface area contributed by atoms with Gasteiger partial charge in [-0.05, 0) is 30.6 Å². The first kappa shape index (κ1) is 12.4. The Morgan fingerprint density at radius 2 is 2.07 bits per heavy atom. The summed E-state index contributed by atoms with van der Waals surface area (Å²) >= 11 is 0. The molecular formula is C13H22O2. The number of carbonyl (C=O) groups excluding carboxylic acids is 2. The molecule has 15 heavy (non-hydrogen) atoms. The third-order valence-corrected chi connectivity index (χ3v) is 3.70. The van der Waals surface area contributed by atoms with Gasteiger partial charge in [0.05, 0.1) is 0 Å². The summed E-state index contributed by atoms with van der Waals surface area (Å²) in [5.74, 6) is 1.58. The topological polar surface area (TPSA) is 34.1 Å². The molecule has 1 aliphatic rings. The Morgan fingerprint density at radius 3 is 2.53 bits per heavy atom. The van der Waals surface area contributed by atoms with Crippen molar-refractivity contribution in [3.8, 4) is 0 Å². The van der Waals surface area contributed by atoms with Gasteiger partial charge < -0.3 is 4.79 Å². The van der Waals surface area contributed by atoms with Gasteiger partial charge in [-0.1, -0.05) is 20.8 Å². The van der Waals surface area contributed by atoms with Gasteiger partial charge >= 0.3 is 0 Å². The fourth-order valence-electron chi connectivity index (χ4n) is 3.02. The van der Waals surface area contributed by atoms with Crippen LogP contribution in [0, 0.1) is 17.3 Å². The molecule has 0 aromatic rings. The quantitative estimate of drug-likeness (QED) is 0.717. The molecule has 0 aromatic heterocycles. The Bertz CT molecular complexity index is 266. The summed E-state index contributed by atoms with van der Waals surface area (Å²) in [4.78, 5) is 22.5. The summed E-state index contributed by atoms with van der Waals surface area (Å²) in [6.07, 6.45) is 2.98. The lowest BCUT2D eigenvalue weighted by molar-refractivity contribution is -0.127. The molecule has 0 spiro atoms. The van der Waals surface area contributed by atoms with Crippen LogP contribution in [0.1, 0.15) is 53.4 Å². The van der Waals surface area contributed by atoms with E-state index in [0.717, 1.165) is 6.42 Å². The monoisotopic (exact) mass is 210 g/mol. The van der Waals surface area contributed by atoms with Crippen molar-refractivity contribution in [3.05, 3.63) is 0 Å². The van der Waals surface area contributed by atoms with Crippen LogP contribution in [0.4, 0.5) is 0 Å². The maximum absolute atomic E-state index is 11.5. The van der Waals surface area contributed by atoms with Crippen molar-refractivity contribution in [1.82, 2.24) is 0 Å². The summed E-state index contributed by atoms with van der Waals surface area (Å²) in [6.45, 7) is 8.10. The molecule has 0 amide bonds. The maximum atomic E-state index is 11.5. The van der Waals surface area contributed by atoms with E-state index in [1.165, 1.54) is 0 Å². The zero-order valence-corrected chi connectivity index (χ0v) is 10.3. The molecule has 0 heterocycles. The van der Waals surface area contributed by atoms with Gasteiger partial charge in [0.25, 0.3) is 0 Å². The van der Waals surface area contributed by atoms with E-state index in [-0.39, 0.29) is 11.2 Å². The van der Waals surface area contributed by atoms with E-state index in [0.29, 0.717) is 36.9 Å². The fourth-order valence-corrected chi connectivity index (χ4v) is 3.02. The van der Waals surface area contributed by atoms with Gasteiger partial charge in [-0.15, -0.1) is 0 Å². The van der Waals surface area contributed by atoms with Crippen LogP contribution in [0.2, 0.25) is 0 Å². The van der Waals surface area contributed by atoms with Gasteiger partial charge in [-0.3, -0.25) is 4.79 Å². The first-order valence-electron chi connectivity index (χ1n) is 5.84. The Kier molecular flexibility index (Phi) is 3.69. The minimum atomic E-state index is 0.0736. The third-order valence-electron chi connectivity index (χ3n) is 3.70. The van der Waals surface area contributed by atoms with E-state index in [1.54, 1.807) is 6.92 Å². The Balaban J connectivity index is 2.67. The van der Waals surface area contributed by atoms with E-state index in [1.807, 2.05) is 0 Å². The molecule has 2 unspecified atom stereocenters. The fraction of sp³-hybridized carbons (Fsp3) is 0.846. The lowest BCUT2D eigenvalue weighted by atomic mass is 9.62. The van der Waals surface area contributed by atoms with E-state index < -0.39 is 0 Å². The molecule has 2 heteroatoms. The molecule has 0 aromatic carbocycles. The van der Waals surface area contributed by atoms with Gasteiger partial charge in [0.1, 0.15) is 11.6 Å². The molecule has 86 valence electrons. The molecule has 0 radical (unpaired) electrons. The average molecular weight is 210 g/mol. The lowest BCUT2D eigenvalue weighted by Gasteiger charge is -2.42. The molecule has 2 nitrogen and oxygen atoms in total. The predicted molar refractivity (Wildman–Crippen MR) is 60.6 cm³/mol. The smallest absolute Gasteiger partial charge is 0.133 e. The number of Topliss-reactive ketones (excluding diaryl/α,β-unsaturated/α-hetero) is 2. The Hall–Kier alpha value is -0.660. The SMILES string of the molecule is CC(=O)CCC1C(C)CC(=O)CC1(C)C. The van der Waals surface area contributed by atoms with Gasteiger partial charge in [0, 0.05) is 19.3 Å².